The zero-order valence-corrected chi connectivity index (χ0v) is 44.2. The van der Waals surface area contributed by atoms with E-state index in [2.05, 4.69) is 48.5 Å². The van der Waals surface area contributed by atoms with Crippen LogP contribution in [0.25, 0.3) is 0 Å². The summed E-state index contributed by atoms with van der Waals surface area (Å²) >= 11 is 0. The molecule has 7 rings (SSSR count). The maximum atomic E-state index is 14.8. The number of ether oxygens (including phenoxy) is 5. The fraction of sp³-hybridized carbons (Fsp3) is 0.800. The Morgan fingerprint density at radius 1 is 0.843 bits per heavy atom. The fourth-order valence-electron chi connectivity index (χ4n) is 12.8. The van der Waals surface area contributed by atoms with Gasteiger partial charge in [-0.3, -0.25) is 30.1 Å². The molecule has 0 aliphatic carbocycles. The number of benzene rings is 1. The first kappa shape index (κ1) is 54.9. The van der Waals surface area contributed by atoms with Crippen molar-refractivity contribution in [3.63, 3.8) is 0 Å². The molecule has 6 aliphatic heterocycles. The lowest BCUT2D eigenvalue weighted by Gasteiger charge is -2.54. The SMILES string of the molecule is CC[C@@H](C(=O)[C@@H](C)[C@@H](O)[C@H](C)[C@@H]1O[C@@H]([C@@H](CC)C(=O)NNC(=O)c2ccc(CN3CCN(C)CC3)cc2)CCC1C)[C@H]1O[C@]2(C=C[C@@H](O)[C@]3(CC[C@@](C)([C@H]4CC[C@](O)(CC)[C@H](C)O4)O3)O2)[C@H](C)C[C@@H]1C. The molecule has 6 aliphatic rings. The Morgan fingerprint density at radius 2 is 1.53 bits per heavy atom. The van der Waals surface area contributed by atoms with Gasteiger partial charge in [-0.15, -0.1) is 0 Å². The zero-order valence-electron chi connectivity index (χ0n) is 44.2. The summed E-state index contributed by atoms with van der Waals surface area (Å²) in [7, 11) is 2.13. The third-order valence-electron chi connectivity index (χ3n) is 18.0. The third kappa shape index (κ3) is 11.3. The van der Waals surface area contributed by atoms with Crippen LogP contribution in [0.1, 0.15) is 149 Å². The molecule has 1 aromatic carbocycles. The first-order valence-electron chi connectivity index (χ1n) is 26.9. The van der Waals surface area contributed by atoms with E-state index in [1.54, 1.807) is 31.2 Å². The average molecular weight is 981 g/mol. The van der Waals surface area contributed by atoms with Crippen LogP contribution in [0.15, 0.2) is 36.4 Å². The lowest BCUT2D eigenvalue weighted by Crippen LogP contribution is -2.63. The minimum Gasteiger partial charge on any atom is -0.392 e. The van der Waals surface area contributed by atoms with Gasteiger partial charge >= 0.3 is 0 Å². The van der Waals surface area contributed by atoms with Crippen LogP contribution in [-0.4, -0.2) is 141 Å². The Labute approximate surface area is 418 Å². The van der Waals surface area contributed by atoms with Crippen LogP contribution >= 0.6 is 0 Å². The maximum absolute atomic E-state index is 14.8. The molecule has 0 bridgehead atoms. The van der Waals surface area contributed by atoms with Crippen molar-refractivity contribution in [3.8, 4) is 0 Å². The number of likely N-dealkylation sites (N-methyl/N-ethyl adjacent to an activating group) is 1. The van der Waals surface area contributed by atoms with Gasteiger partial charge in [-0.05, 0) is 120 Å². The molecular formula is C55H88N4O11. The van der Waals surface area contributed by atoms with Gasteiger partial charge in [-0.25, -0.2) is 0 Å². The van der Waals surface area contributed by atoms with E-state index in [9.17, 15) is 29.7 Å². The lowest BCUT2D eigenvalue weighted by molar-refractivity contribution is -0.409. The van der Waals surface area contributed by atoms with Gasteiger partial charge in [-0.2, -0.15) is 0 Å². The van der Waals surface area contributed by atoms with Crippen LogP contribution in [0.2, 0.25) is 0 Å². The largest absolute Gasteiger partial charge is 0.392 e. The molecule has 5 N–H and O–H groups in total. The molecular weight excluding hydrogens is 893 g/mol. The minimum absolute atomic E-state index is 0.0116. The predicted octanol–water partition coefficient (Wildman–Crippen LogP) is 6.31. The van der Waals surface area contributed by atoms with E-state index in [-0.39, 0.29) is 41.7 Å². The number of hydrazine groups is 1. The summed E-state index contributed by atoms with van der Waals surface area (Å²) in [6.45, 7) is 24.7. The topological polar surface area (TPSA) is 189 Å². The molecule has 2 spiro atoms. The third-order valence-corrected chi connectivity index (χ3v) is 18.0. The van der Waals surface area contributed by atoms with E-state index in [1.165, 1.54) is 0 Å². The molecule has 6 heterocycles. The van der Waals surface area contributed by atoms with Crippen LogP contribution in [0.3, 0.4) is 0 Å². The van der Waals surface area contributed by atoms with Crippen molar-refractivity contribution in [2.45, 2.75) is 205 Å². The van der Waals surface area contributed by atoms with E-state index in [0.717, 1.165) is 44.7 Å². The van der Waals surface area contributed by atoms with E-state index >= 15 is 0 Å². The van der Waals surface area contributed by atoms with Crippen molar-refractivity contribution in [2.24, 2.45) is 41.4 Å². The standard InChI is InChI=1S/C55H88N4O11/c1-12-41(51(64)57-56-50(63)40-18-16-39(17-19-40)32-59-29-27-58(11)28-30-59)43-20-15-33(4)48(67-43)37(8)46(61)36(7)47(62)42(13-2)49-34(5)31-35(6)54(68-49)24-21-44(60)55(70-54)26-25-52(10,69-55)45-22-23-53(65,14-3)38(9)66-45/h16-19,21,24,33-38,41-46,48-49,60-61,65H,12-15,20,22-23,25-32H2,1-11H3,(H,56,63)(H,57,64)/t33?,34-,35+,36-,37-,38-,41+,42-,43+,44+,45+,46+,48+,49-,52-,53+,54-,55-/m0/s1. The summed E-state index contributed by atoms with van der Waals surface area (Å²) in [6, 6.07) is 7.49. The monoisotopic (exact) mass is 981 g/mol. The molecule has 0 radical (unpaired) electrons. The van der Waals surface area contributed by atoms with Gasteiger partial charge in [0.15, 0.2) is 5.79 Å². The Kier molecular flexibility index (Phi) is 17.5. The molecule has 2 amide bonds. The fourth-order valence-corrected chi connectivity index (χ4v) is 12.8. The number of ketones is 1. The number of piperazine rings is 1. The second kappa shape index (κ2) is 22.3. The Hall–Kier alpha value is -2.83. The van der Waals surface area contributed by atoms with Crippen LogP contribution in [0, 0.1) is 41.4 Å². The molecule has 5 saturated heterocycles. The first-order chi connectivity index (χ1) is 33.1. The number of aliphatic hydroxyl groups is 3. The van der Waals surface area contributed by atoms with Gasteiger partial charge in [-0.1, -0.05) is 67.5 Å². The van der Waals surface area contributed by atoms with E-state index < -0.39 is 82.9 Å². The van der Waals surface area contributed by atoms with E-state index in [0.29, 0.717) is 63.4 Å². The zero-order chi connectivity index (χ0) is 50.9. The van der Waals surface area contributed by atoms with Crippen LogP contribution in [0.5, 0.6) is 0 Å². The number of amides is 2. The van der Waals surface area contributed by atoms with Gasteiger partial charge in [0.25, 0.3) is 5.91 Å². The number of rotatable bonds is 15. The predicted molar refractivity (Wildman–Crippen MR) is 266 cm³/mol. The molecule has 18 atom stereocenters. The van der Waals surface area contributed by atoms with Gasteiger partial charge < -0.3 is 43.9 Å². The number of carbonyl (C=O) groups excluding carboxylic acids is 3. The van der Waals surface area contributed by atoms with E-state index in [1.807, 2.05) is 53.7 Å². The Balaban J connectivity index is 0.957. The quantitative estimate of drug-likeness (QED) is 0.0973. The second-order valence-electron chi connectivity index (χ2n) is 22.8. The molecule has 1 unspecified atom stereocenters. The number of carbonyl (C=O) groups is 3. The smallest absolute Gasteiger partial charge is 0.269 e. The number of aliphatic hydroxyl groups excluding tert-OH is 2. The summed E-state index contributed by atoms with van der Waals surface area (Å²) in [6.07, 6.45) is 5.25. The van der Waals surface area contributed by atoms with Crippen molar-refractivity contribution >= 4 is 17.6 Å². The van der Waals surface area contributed by atoms with E-state index in [4.69, 9.17) is 23.7 Å². The second-order valence-corrected chi connectivity index (χ2v) is 22.8. The van der Waals surface area contributed by atoms with Crippen LogP contribution < -0.4 is 10.9 Å². The minimum atomic E-state index is -1.39. The van der Waals surface area contributed by atoms with Crippen molar-refractivity contribution in [3.05, 3.63) is 47.5 Å². The molecule has 1 aromatic rings. The van der Waals surface area contributed by atoms with Gasteiger partial charge in [0.2, 0.25) is 11.7 Å². The molecule has 0 saturated carbocycles. The van der Waals surface area contributed by atoms with Gasteiger partial charge in [0.05, 0.1) is 53.7 Å². The molecule has 394 valence electrons. The summed E-state index contributed by atoms with van der Waals surface area (Å²) in [5.41, 5.74) is 5.19. The van der Waals surface area contributed by atoms with Gasteiger partial charge in [0.1, 0.15) is 11.9 Å². The molecule has 0 aromatic heterocycles. The number of nitrogens with one attached hydrogen (secondary N) is 2. The molecule has 70 heavy (non-hydrogen) atoms. The van der Waals surface area contributed by atoms with Crippen LogP contribution in [0.4, 0.5) is 0 Å². The highest BCUT2D eigenvalue weighted by molar-refractivity contribution is 5.95. The number of nitrogens with zero attached hydrogens (tertiary/aromatic N) is 2. The molecule has 5 fully saturated rings. The summed E-state index contributed by atoms with van der Waals surface area (Å²) in [4.78, 5) is 46.3. The highest BCUT2D eigenvalue weighted by Gasteiger charge is 2.63. The summed E-state index contributed by atoms with van der Waals surface area (Å²) in [5, 5.41) is 34.7. The number of Topliss-reactive ketones (excluding diaryl/α,β-unsaturated/α-hetero) is 1. The number of hydrogen-bond donors (Lipinski definition) is 5. The highest BCUT2D eigenvalue weighted by atomic mass is 16.8. The Bertz CT molecular complexity index is 1980. The van der Waals surface area contributed by atoms with Crippen molar-refractivity contribution in [1.82, 2.24) is 20.7 Å². The summed E-state index contributed by atoms with van der Waals surface area (Å²) in [5.74, 6) is -5.84. The normalized spacial score (nSPS) is 39.5. The Morgan fingerprint density at radius 3 is 2.17 bits per heavy atom. The average Bonchev–Trinajstić information content (AvgIpc) is 3.69. The summed E-state index contributed by atoms with van der Waals surface area (Å²) < 4.78 is 34.1. The van der Waals surface area contributed by atoms with Crippen molar-refractivity contribution in [1.29, 1.82) is 0 Å². The van der Waals surface area contributed by atoms with Crippen LogP contribution in [-0.2, 0) is 39.8 Å². The highest BCUT2D eigenvalue weighted by Crippen LogP contribution is 2.54. The van der Waals surface area contributed by atoms with Crippen molar-refractivity contribution < 1.29 is 53.4 Å². The first-order valence-corrected chi connectivity index (χ1v) is 26.9. The number of hydrogen-bond acceptors (Lipinski definition) is 13. The lowest BCUT2D eigenvalue weighted by atomic mass is 9.72. The van der Waals surface area contributed by atoms with Crippen molar-refractivity contribution in [2.75, 3.05) is 33.2 Å². The maximum Gasteiger partial charge on any atom is 0.269 e. The molecule has 15 nitrogen and oxygen atoms in total. The van der Waals surface area contributed by atoms with Gasteiger partial charge in [0, 0.05) is 68.4 Å². The molecule has 15 heteroatoms.